The number of carbonyl (C=O) groups excluding carboxylic acids is 4. The van der Waals surface area contributed by atoms with Crippen LogP contribution in [0, 0.1) is 0 Å². The molecule has 0 aromatic heterocycles. The SMILES string of the molecule is CC(=O)CNC(=O)C(C)NC(=O)C(C)NC(=O)c1ccccc1. The Hall–Kier alpha value is -2.70. The van der Waals surface area contributed by atoms with Crippen LogP contribution < -0.4 is 16.0 Å². The van der Waals surface area contributed by atoms with Crippen LogP contribution in [-0.4, -0.2) is 42.1 Å². The van der Waals surface area contributed by atoms with E-state index < -0.39 is 23.9 Å². The molecule has 124 valence electrons. The number of benzene rings is 1. The van der Waals surface area contributed by atoms with Crippen LogP contribution >= 0.6 is 0 Å². The molecule has 2 unspecified atom stereocenters. The molecular weight excluding hydrogens is 298 g/mol. The molecule has 1 aromatic rings. The van der Waals surface area contributed by atoms with Gasteiger partial charge in [0.05, 0.1) is 6.54 Å². The molecule has 1 aromatic carbocycles. The average Bonchev–Trinajstić information content (AvgIpc) is 2.52. The van der Waals surface area contributed by atoms with Crippen molar-refractivity contribution in [1.29, 1.82) is 0 Å². The van der Waals surface area contributed by atoms with Gasteiger partial charge in [-0.05, 0) is 32.9 Å². The minimum Gasteiger partial charge on any atom is -0.347 e. The van der Waals surface area contributed by atoms with Gasteiger partial charge >= 0.3 is 0 Å². The molecule has 0 aliphatic carbocycles. The molecule has 2 atom stereocenters. The molecule has 7 nitrogen and oxygen atoms in total. The molecule has 0 aliphatic rings. The number of hydrogen-bond acceptors (Lipinski definition) is 4. The highest BCUT2D eigenvalue weighted by Crippen LogP contribution is 1.99. The Morgan fingerprint density at radius 2 is 1.48 bits per heavy atom. The summed E-state index contributed by atoms with van der Waals surface area (Å²) in [6.45, 7) is 4.29. The van der Waals surface area contributed by atoms with Gasteiger partial charge in [0.25, 0.3) is 5.91 Å². The topological polar surface area (TPSA) is 104 Å². The second kappa shape index (κ2) is 8.67. The van der Waals surface area contributed by atoms with E-state index in [1.165, 1.54) is 20.8 Å². The first-order valence-electron chi connectivity index (χ1n) is 7.24. The zero-order valence-corrected chi connectivity index (χ0v) is 13.4. The Bertz CT molecular complexity index is 586. The predicted octanol–water partition coefficient (Wildman–Crippen LogP) is 0.0148. The Labute approximate surface area is 134 Å². The molecular formula is C16H21N3O4. The lowest BCUT2D eigenvalue weighted by molar-refractivity contribution is -0.130. The van der Waals surface area contributed by atoms with E-state index in [-0.39, 0.29) is 18.2 Å². The van der Waals surface area contributed by atoms with E-state index in [1.807, 2.05) is 0 Å². The van der Waals surface area contributed by atoms with E-state index in [9.17, 15) is 19.2 Å². The number of nitrogens with one attached hydrogen (secondary N) is 3. The van der Waals surface area contributed by atoms with Gasteiger partial charge in [0.15, 0.2) is 0 Å². The van der Waals surface area contributed by atoms with E-state index in [2.05, 4.69) is 16.0 Å². The summed E-state index contributed by atoms with van der Waals surface area (Å²) >= 11 is 0. The van der Waals surface area contributed by atoms with Crippen molar-refractivity contribution in [3.05, 3.63) is 35.9 Å². The number of ketones is 1. The minimum atomic E-state index is -0.807. The zero-order valence-electron chi connectivity index (χ0n) is 13.4. The lowest BCUT2D eigenvalue weighted by atomic mass is 10.2. The van der Waals surface area contributed by atoms with Crippen molar-refractivity contribution in [2.45, 2.75) is 32.9 Å². The molecule has 3 amide bonds. The third-order valence-corrected chi connectivity index (χ3v) is 3.04. The normalized spacial score (nSPS) is 12.7. The maximum absolute atomic E-state index is 12.0. The Morgan fingerprint density at radius 1 is 0.913 bits per heavy atom. The highest BCUT2D eigenvalue weighted by molar-refractivity contribution is 5.98. The molecule has 0 saturated carbocycles. The highest BCUT2D eigenvalue weighted by atomic mass is 16.2. The summed E-state index contributed by atoms with van der Waals surface area (Å²) in [7, 11) is 0. The molecule has 7 heteroatoms. The summed E-state index contributed by atoms with van der Waals surface area (Å²) in [5, 5.41) is 7.44. The smallest absolute Gasteiger partial charge is 0.251 e. The van der Waals surface area contributed by atoms with Crippen LogP contribution in [0.5, 0.6) is 0 Å². The number of carbonyl (C=O) groups is 4. The molecule has 0 heterocycles. The maximum atomic E-state index is 12.0. The molecule has 0 saturated heterocycles. The molecule has 1 rings (SSSR count). The van der Waals surface area contributed by atoms with Crippen LogP contribution in [0.2, 0.25) is 0 Å². The van der Waals surface area contributed by atoms with E-state index >= 15 is 0 Å². The average molecular weight is 319 g/mol. The fraction of sp³-hybridized carbons (Fsp3) is 0.375. The first-order chi connectivity index (χ1) is 10.8. The van der Waals surface area contributed by atoms with Gasteiger partial charge in [-0.1, -0.05) is 18.2 Å². The zero-order chi connectivity index (χ0) is 17.4. The summed E-state index contributed by atoms with van der Waals surface area (Å²) in [5.74, 6) is -1.50. The number of Topliss-reactive ketones (excluding diaryl/α,β-unsaturated/α-hetero) is 1. The summed E-state index contributed by atoms with van der Waals surface area (Å²) in [5.41, 5.74) is 0.444. The fourth-order valence-electron chi connectivity index (χ4n) is 1.70. The molecule has 23 heavy (non-hydrogen) atoms. The van der Waals surface area contributed by atoms with Crippen LogP contribution in [0.1, 0.15) is 31.1 Å². The van der Waals surface area contributed by atoms with Crippen molar-refractivity contribution >= 4 is 23.5 Å². The van der Waals surface area contributed by atoms with Gasteiger partial charge in [-0.3, -0.25) is 19.2 Å². The lowest BCUT2D eigenvalue weighted by Gasteiger charge is -2.18. The molecule has 0 aliphatic heterocycles. The third-order valence-electron chi connectivity index (χ3n) is 3.04. The standard InChI is InChI=1S/C16H21N3O4/c1-10(20)9-17-14(21)11(2)18-15(22)12(3)19-16(23)13-7-5-4-6-8-13/h4-8,11-12H,9H2,1-3H3,(H,17,21)(H,18,22)(H,19,23). The van der Waals surface area contributed by atoms with Crippen molar-refractivity contribution in [2.75, 3.05) is 6.54 Å². The minimum absolute atomic E-state index is 0.0840. The largest absolute Gasteiger partial charge is 0.347 e. The van der Waals surface area contributed by atoms with E-state index in [0.29, 0.717) is 5.56 Å². The van der Waals surface area contributed by atoms with Crippen LogP contribution in [0.15, 0.2) is 30.3 Å². The summed E-state index contributed by atoms with van der Waals surface area (Å²) in [6.07, 6.45) is 0. The van der Waals surface area contributed by atoms with Gasteiger partial charge in [-0.15, -0.1) is 0 Å². The molecule has 0 radical (unpaired) electrons. The van der Waals surface area contributed by atoms with Crippen LogP contribution in [-0.2, 0) is 14.4 Å². The molecule has 3 N–H and O–H groups in total. The Kier molecular flexibility index (Phi) is 6.92. The summed E-state index contributed by atoms with van der Waals surface area (Å²) < 4.78 is 0. The van der Waals surface area contributed by atoms with E-state index in [4.69, 9.17) is 0 Å². The molecule has 0 bridgehead atoms. The number of amides is 3. The van der Waals surface area contributed by atoms with Crippen LogP contribution in [0.4, 0.5) is 0 Å². The van der Waals surface area contributed by atoms with Crippen molar-refractivity contribution in [1.82, 2.24) is 16.0 Å². The Morgan fingerprint density at radius 3 is 2.04 bits per heavy atom. The number of hydrogen-bond donors (Lipinski definition) is 3. The van der Waals surface area contributed by atoms with Gasteiger partial charge in [-0.25, -0.2) is 0 Å². The first kappa shape index (κ1) is 18.3. The van der Waals surface area contributed by atoms with Crippen LogP contribution in [0.3, 0.4) is 0 Å². The third kappa shape index (κ3) is 6.29. The van der Waals surface area contributed by atoms with E-state index in [1.54, 1.807) is 30.3 Å². The van der Waals surface area contributed by atoms with E-state index in [0.717, 1.165) is 0 Å². The quantitative estimate of drug-likeness (QED) is 0.659. The fourth-order valence-corrected chi connectivity index (χ4v) is 1.70. The van der Waals surface area contributed by atoms with Crippen molar-refractivity contribution in [2.24, 2.45) is 0 Å². The summed E-state index contributed by atoms with van der Waals surface area (Å²) in [4.78, 5) is 46.4. The molecule has 0 spiro atoms. The second-order valence-electron chi connectivity index (χ2n) is 5.21. The lowest BCUT2D eigenvalue weighted by Crippen LogP contribution is -2.52. The second-order valence-corrected chi connectivity index (χ2v) is 5.21. The van der Waals surface area contributed by atoms with Gasteiger partial charge < -0.3 is 16.0 Å². The van der Waals surface area contributed by atoms with Crippen LogP contribution in [0.25, 0.3) is 0 Å². The van der Waals surface area contributed by atoms with Gasteiger partial charge in [0.2, 0.25) is 11.8 Å². The van der Waals surface area contributed by atoms with Crippen molar-refractivity contribution in [3.63, 3.8) is 0 Å². The summed E-state index contributed by atoms with van der Waals surface area (Å²) in [6, 6.07) is 6.90. The van der Waals surface area contributed by atoms with Gasteiger partial charge in [0.1, 0.15) is 17.9 Å². The molecule has 0 fully saturated rings. The monoisotopic (exact) mass is 319 g/mol. The van der Waals surface area contributed by atoms with Gasteiger partial charge in [-0.2, -0.15) is 0 Å². The maximum Gasteiger partial charge on any atom is 0.251 e. The van der Waals surface area contributed by atoms with Crippen molar-refractivity contribution in [3.8, 4) is 0 Å². The van der Waals surface area contributed by atoms with Gasteiger partial charge in [0, 0.05) is 5.56 Å². The first-order valence-corrected chi connectivity index (χ1v) is 7.24. The highest BCUT2D eigenvalue weighted by Gasteiger charge is 2.21. The van der Waals surface area contributed by atoms with Crippen molar-refractivity contribution < 1.29 is 19.2 Å². The predicted molar refractivity (Wildman–Crippen MR) is 84.7 cm³/mol. The number of rotatable bonds is 7. The Balaban J connectivity index is 2.48.